The van der Waals surface area contributed by atoms with Crippen LogP contribution in [0.5, 0.6) is 0 Å². The zero-order valence-corrected chi connectivity index (χ0v) is 11.7. The van der Waals surface area contributed by atoms with E-state index in [4.69, 9.17) is 5.26 Å². The molecule has 2 nitrogen and oxygen atoms in total. The van der Waals surface area contributed by atoms with E-state index < -0.39 is 0 Å². The Bertz CT molecular complexity index is 440. The van der Waals surface area contributed by atoms with Crippen LogP contribution in [0.4, 0.5) is 0 Å². The molecule has 18 heavy (non-hydrogen) atoms. The van der Waals surface area contributed by atoms with Gasteiger partial charge < -0.3 is 5.32 Å². The van der Waals surface area contributed by atoms with Crippen molar-refractivity contribution in [3.05, 3.63) is 35.9 Å². The summed E-state index contributed by atoms with van der Waals surface area (Å²) in [5, 5.41) is 12.7. The van der Waals surface area contributed by atoms with Crippen molar-refractivity contribution in [3.8, 4) is 6.07 Å². The van der Waals surface area contributed by atoms with Gasteiger partial charge in [0.15, 0.2) is 0 Å². The number of rotatable bonds is 4. The molecule has 2 rings (SSSR count). The van der Waals surface area contributed by atoms with Gasteiger partial charge in [-0.1, -0.05) is 58.0 Å². The molecule has 1 aromatic carbocycles. The monoisotopic (exact) mass is 242 g/mol. The van der Waals surface area contributed by atoms with E-state index in [0.29, 0.717) is 23.3 Å². The zero-order chi connectivity index (χ0) is 13.4. The Labute approximate surface area is 110 Å². The van der Waals surface area contributed by atoms with Crippen molar-refractivity contribution in [1.82, 2.24) is 5.32 Å². The predicted octanol–water partition coefficient (Wildman–Crippen LogP) is 3.67. The lowest BCUT2D eigenvalue weighted by atomic mass is 10.0. The molecule has 1 aliphatic carbocycles. The summed E-state index contributed by atoms with van der Waals surface area (Å²) in [6.45, 7) is 9.16. The van der Waals surface area contributed by atoms with Gasteiger partial charge in [0, 0.05) is 12.1 Å². The third-order valence-corrected chi connectivity index (χ3v) is 4.89. The number of nitrogens with zero attached hydrogens (tertiary/aromatic N) is 1. The van der Waals surface area contributed by atoms with Crippen molar-refractivity contribution >= 4 is 0 Å². The summed E-state index contributed by atoms with van der Waals surface area (Å²) in [5.41, 5.74) is 1.81. The minimum Gasteiger partial charge on any atom is -0.305 e. The van der Waals surface area contributed by atoms with Crippen molar-refractivity contribution in [2.75, 3.05) is 0 Å². The summed E-state index contributed by atoms with van der Waals surface area (Å²) in [5.74, 6) is 0. The quantitative estimate of drug-likeness (QED) is 0.874. The summed E-state index contributed by atoms with van der Waals surface area (Å²) >= 11 is 0. The van der Waals surface area contributed by atoms with E-state index in [1.54, 1.807) is 0 Å². The standard InChI is InChI=1S/C16H22N2/c1-15(2)14(16(15,3)4)18-13(10-11-17)12-8-6-5-7-9-12/h5-9,13-14,18H,10H2,1-4H3. The Morgan fingerprint density at radius 2 is 1.72 bits per heavy atom. The van der Waals surface area contributed by atoms with Crippen LogP contribution >= 0.6 is 0 Å². The Hall–Kier alpha value is -1.33. The minimum atomic E-state index is 0.141. The molecule has 1 fully saturated rings. The lowest BCUT2D eigenvalue weighted by Crippen LogP contribution is -2.27. The molecule has 2 heteroatoms. The molecule has 0 saturated heterocycles. The summed E-state index contributed by atoms with van der Waals surface area (Å²) < 4.78 is 0. The Morgan fingerprint density at radius 3 is 2.17 bits per heavy atom. The van der Waals surface area contributed by atoms with Crippen LogP contribution in [-0.2, 0) is 0 Å². The van der Waals surface area contributed by atoms with Crippen LogP contribution in [0.2, 0.25) is 0 Å². The van der Waals surface area contributed by atoms with Crippen molar-refractivity contribution in [1.29, 1.82) is 5.26 Å². The fourth-order valence-corrected chi connectivity index (χ4v) is 2.86. The van der Waals surface area contributed by atoms with E-state index in [-0.39, 0.29) is 6.04 Å². The van der Waals surface area contributed by atoms with Crippen LogP contribution in [0.15, 0.2) is 30.3 Å². The van der Waals surface area contributed by atoms with E-state index >= 15 is 0 Å². The zero-order valence-electron chi connectivity index (χ0n) is 11.7. The molecule has 96 valence electrons. The molecule has 1 aliphatic rings. The van der Waals surface area contributed by atoms with Gasteiger partial charge >= 0.3 is 0 Å². The van der Waals surface area contributed by atoms with E-state index in [1.807, 2.05) is 18.2 Å². The van der Waals surface area contributed by atoms with Crippen LogP contribution in [-0.4, -0.2) is 6.04 Å². The SMILES string of the molecule is CC1(C)C(NC(CC#N)c2ccccc2)C1(C)C. The van der Waals surface area contributed by atoms with Crippen molar-refractivity contribution in [2.45, 2.75) is 46.2 Å². The number of hydrogen-bond acceptors (Lipinski definition) is 2. The van der Waals surface area contributed by atoms with Crippen LogP contribution in [0.3, 0.4) is 0 Å². The highest BCUT2D eigenvalue weighted by Crippen LogP contribution is 2.63. The largest absolute Gasteiger partial charge is 0.305 e. The lowest BCUT2D eigenvalue weighted by Gasteiger charge is -2.18. The highest BCUT2D eigenvalue weighted by molar-refractivity contribution is 5.24. The van der Waals surface area contributed by atoms with Crippen LogP contribution < -0.4 is 5.32 Å². The third-order valence-electron chi connectivity index (χ3n) is 4.89. The molecule has 0 spiro atoms. The fourth-order valence-electron chi connectivity index (χ4n) is 2.86. The highest BCUT2D eigenvalue weighted by Gasteiger charge is 2.64. The lowest BCUT2D eigenvalue weighted by molar-refractivity contribution is 0.457. The molecular formula is C16H22N2. The number of nitrogens with one attached hydrogen (secondary N) is 1. The van der Waals surface area contributed by atoms with Gasteiger partial charge in [-0.3, -0.25) is 0 Å². The maximum atomic E-state index is 9.00. The average Bonchev–Trinajstić information content (AvgIpc) is 2.72. The summed E-state index contributed by atoms with van der Waals surface area (Å²) in [6.07, 6.45) is 0.521. The van der Waals surface area contributed by atoms with Gasteiger partial charge in [-0.25, -0.2) is 0 Å². The van der Waals surface area contributed by atoms with Crippen LogP contribution in [0.25, 0.3) is 0 Å². The number of nitriles is 1. The maximum Gasteiger partial charge on any atom is 0.0641 e. The van der Waals surface area contributed by atoms with Gasteiger partial charge in [-0.2, -0.15) is 5.26 Å². The molecule has 0 amide bonds. The van der Waals surface area contributed by atoms with Crippen molar-refractivity contribution < 1.29 is 0 Å². The minimum absolute atomic E-state index is 0.141. The molecular weight excluding hydrogens is 220 g/mol. The first-order valence-corrected chi connectivity index (χ1v) is 6.59. The molecule has 1 saturated carbocycles. The Balaban J connectivity index is 2.13. The van der Waals surface area contributed by atoms with Crippen molar-refractivity contribution in [3.63, 3.8) is 0 Å². The third kappa shape index (κ3) is 2.04. The first kappa shape index (κ1) is 13.1. The molecule has 0 radical (unpaired) electrons. The molecule has 0 bridgehead atoms. The Kier molecular flexibility index (Phi) is 3.21. The molecule has 1 N–H and O–H groups in total. The summed E-state index contributed by atoms with van der Waals surface area (Å²) in [6, 6.07) is 13.2. The van der Waals surface area contributed by atoms with Gasteiger partial charge in [0.1, 0.15) is 0 Å². The molecule has 0 aliphatic heterocycles. The molecule has 0 heterocycles. The van der Waals surface area contributed by atoms with Gasteiger partial charge in [0.25, 0.3) is 0 Å². The maximum absolute atomic E-state index is 9.00. The predicted molar refractivity (Wildman–Crippen MR) is 73.9 cm³/mol. The molecule has 1 aromatic rings. The first-order valence-electron chi connectivity index (χ1n) is 6.59. The smallest absolute Gasteiger partial charge is 0.0641 e. The highest BCUT2D eigenvalue weighted by atomic mass is 15.1. The molecule has 1 atom stereocenters. The van der Waals surface area contributed by atoms with Crippen LogP contribution in [0, 0.1) is 22.2 Å². The van der Waals surface area contributed by atoms with E-state index in [9.17, 15) is 0 Å². The van der Waals surface area contributed by atoms with E-state index in [2.05, 4.69) is 51.2 Å². The number of hydrogen-bond donors (Lipinski definition) is 1. The van der Waals surface area contributed by atoms with Crippen LogP contribution in [0.1, 0.15) is 45.7 Å². The Morgan fingerprint density at radius 1 is 1.17 bits per heavy atom. The van der Waals surface area contributed by atoms with Crippen molar-refractivity contribution in [2.24, 2.45) is 10.8 Å². The second-order valence-corrected chi connectivity index (χ2v) is 6.37. The summed E-state index contributed by atoms with van der Waals surface area (Å²) in [7, 11) is 0. The topological polar surface area (TPSA) is 35.8 Å². The van der Waals surface area contributed by atoms with Gasteiger partial charge in [-0.15, -0.1) is 0 Å². The molecule has 1 unspecified atom stereocenters. The van der Waals surface area contributed by atoms with Gasteiger partial charge in [-0.05, 0) is 16.4 Å². The second-order valence-electron chi connectivity index (χ2n) is 6.37. The molecule has 0 aromatic heterocycles. The van der Waals surface area contributed by atoms with E-state index in [1.165, 1.54) is 5.56 Å². The first-order chi connectivity index (χ1) is 8.41. The number of benzene rings is 1. The van der Waals surface area contributed by atoms with Gasteiger partial charge in [0.05, 0.1) is 12.5 Å². The summed E-state index contributed by atoms with van der Waals surface area (Å²) in [4.78, 5) is 0. The normalized spacial score (nSPS) is 22.2. The van der Waals surface area contributed by atoms with Gasteiger partial charge in [0.2, 0.25) is 0 Å². The second kappa shape index (κ2) is 4.40. The van der Waals surface area contributed by atoms with E-state index in [0.717, 1.165) is 0 Å². The fraction of sp³-hybridized carbons (Fsp3) is 0.562. The average molecular weight is 242 g/mol.